The van der Waals surface area contributed by atoms with Gasteiger partial charge in [0.25, 0.3) is 0 Å². The van der Waals surface area contributed by atoms with Crippen LogP contribution in [0, 0.1) is 23.7 Å². The van der Waals surface area contributed by atoms with Gasteiger partial charge in [-0.05, 0) is 146 Å². The van der Waals surface area contributed by atoms with Crippen LogP contribution in [0.25, 0.3) is 49.4 Å². The van der Waals surface area contributed by atoms with Crippen LogP contribution < -0.4 is 0 Å². The lowest BCUT2D eigenvalue weighted by Gasteiger charge is -2.34. The van der Waals surface area contributed by atoms with Crippen molar-refractivity contribution in [1.82, 2.24) is 0 Å². The van der Waals surface area contributed by atoms with E-state index in [2.05, 4.69) is 143 Å². The maximum atomic E-state index is 4.30. The summed E-state index contributed by atoms with van der Waals surface area (Å²) in [5.41, 5.74) is 16.0. The molecule has 5 aromatic carbocycles. The van der Waals surface area contributed by atoms with Crippen molar-refractivity contribution in [3.63, 3.8) is 0 Å². The highest BCUT2D eigenvalue weighted by Gasteiger charge is 2.39. The first-order chi connectivity index (χ1) is 23.0. The van der Waals surface area contributed by atoms with E-state index in [1.165, 1.54) is 86.2 Å². The molecular weight excluding hydrogens is 565 g/mol. The van der Waals surface area contributed by atoms with Crippen LogP contribution in [0.3, 0.4) is 0 Å². The van der Waals surface area contributed by atoms with E-state index in [1.54, 1.807) is 22.3 Å². The largest absolute Gasteiger partial charge is 0.0988 e. The highest BCUT2D eigenvalue weighted by molar-refractivity contribution is 6.20. The standard InChI is InChI=1S/C47H46/c1-6-32-27-30(4)43(31(5)44(32)35-25-26-35)47(42(29(2)3)34-23-24-34)46-40-21-12-10-19-38(40)45(39-20-11-13-22-41(39)46)37-18-14-17-36(28-37)33-15-8-7-9-16-33/h6-22,28-30,34-35H,1,23-27H2,2-5H3/b47-42-. The van der Waals surface area contributed by atoms with Crippen LogP contribution in [0.1, 0.15) is 65.4 Å². The Hall–Kier alpha value is -4.42. The summed E-state index contributed by atoms with van der Waals surface area (Å²) in [5, 5.41) is 5.43. The van der Waals surface area contributed by atoms with Gasteiger partial charge in [0.05, 0.1) is 0 Å². The van der Waals surface area contributed by atoms with E-state index in [1.807, 2.05) is 0 Å². The van der Waals surface area contributed by atoms with Crippen LogP contribution in [-0.2, 0) is 0 Å². The smallest absolute Gasteiger partial charge is 0.00236 e. The zero-order chi connectivity index (χ0) is 32.2. The van der Waals surface area contributed by atoms with Crippen molar-refractivity contribution in [2.75, 3.05) is 0 Å². The van der Waals surface area contributed by atoms with Gasteiger partial charge in [-0.2, -0.15) is 0 Å². The van der Waals surface area contributed by atoms with E-state index in [0.717, 1.165) is 6.42 Å². The number of benzene rings is 5. The molecule has 234 valence electrons. The van der Waals surface area contributed by atoms with Crippen molar-refractivity contribution < 1.29 is 0 Å². The first-order valence-electron chi connectivity index (χ1n) is 17.9. The van der Waals surface area contributed by atoms with Gasteiger partial charge in [0.15, 0.2) is 0 Å². The molecule has 3 aliphatic carbocycles. The van der Waals surface area contributed by atoms with E-state index >= 15 is 0 Å². The summed E-state index contributed by atoms with van der Waals surface area (Å²) in [6, 6.07) is 38.5. The van der Waals surface area contributed by atoms with Gasteiger partial charge in [0, 0.05) is 0 Å². The first kappa shape index (κ1) is 29.9. The number of fused-ring (bicyclic) bond motifs is 2. The highest BCUT2D eigenvalue weighted by Crippen LogP contribution is 2.55. The molecule has 1 unspecified atom stereocenters. The van der Waals surface area contributed by atoms with Crippen LogP contribution in [0.2, 0.25) is 0 Å². The minimum atomic E-state index is 0.438. The first-order valence-corrected chi connectivity index (χ1v) is 17.9. The average Bonchev–Trinajstić information content (AvgIpc) is 4.03. The topological polar surface area (TPSA) is 0 Å². The third-order valence-electron chi connectivity index (χ3n) is 11.0. The second kappa shape index (κ2) is 12.0. The molecule has 0 nitrogen and oxygen atoms in total. The third kappa shape index (κ3) is 5.23. The molecule has 0 bridgehead atoms. The molecule has 1 atom stereocenters. The SMILES string of the molecule is C=CC1=C(C2CC2)C(C)=C(/C(=C(\C(C)C)C2CC2)c2c3ccccc3c(-c3cccc(-c4ccccc4)c3)c3ccccc23)C(C)C1. The highest BCUT2D eigenvalue weighted by atomic mass is 14.4. The van der Waals surface area contributed by atoms with E-state index in [0.29, 0.717) is 23.7 Å². The Bertz CT molecular complexity index is 2060. The van der Waals surface area contributed by atoms with Gasteiger partial charge < -0.3 is 0 Å². The predicted molar refractivity (Wildman–Crippen MR) is 203 cm³/mol. The van der Waals surface area contributed by atoms with Crippen LogP contribution in [0.15, 0.2) is 144 Å². The van der Waals surface area contributed by atoms with Crippen molar-refractivity contribution in [3.8, 4) is 22.3 Å². The molecule has 8 rings (SSSR count). The number of rotatable bonds is 8. The summed E-state index contributed by atoms with van der Waals surface area (Å²) in [7, 11) is 0. The fraction of sp³-hybridized carbons (Fsp3) is 0.277. The van der Waals surface area contributed by atoms with Gasteiger partial charge in [-0.25, -0.2) is 0 Å². The van der Waals surface area contributed by atoms with Gasteiger partial charge in [-0.15, -0.1) is 0 Å². The molecule has 3 aliphatic rings. The summed E-state index contributed by atoms with van der Waals surface area (Å²) in [6.07, 6.45) is 8.49. The Morgan fingerprint density at radius 3 is 1.85 bits per heavy atom. The Kier molecular flexibility index (Phi) is 7.64. The number of allylic oxidation sites excluding steroid dienone is 7. The molecule has 0 aromatic heterocycles. The van der Waals surface area contributed by atoms with E-state index in [4.69, 9.17) is 0 Å². The molecule has 0 radical (unpaired) electrons. The minimum Gasteiger partial charge on any atom is -0.0988 e. The van der Waals surface area contributed by atoms with Crippen LogP contribution in [0.5, 0.6) is 0 Å². The molecule has 0 N–H and O–H groups in total. The second-order valence-corrected chi connectivity index (χ2v) is 14.6. The Balaban J connectivity index is 1.48. The summed E-state index contributed by atoms with van der Waals surface area (Å²) < 4.78 is 0. The zero-order valence-corrected chi connectivity index (χ0v) is 28.4. The molecule has 2 saturated carbocycles. The maximum Gasteiger partial charge on any atom is -0.00236 e. The van der Waals surface area contributed by atoms with E-state index in [-0.39, 0.29) is 0 Å². The Labute approximate surface area is 281 Å². The van der Waals surface area contributed by atoms with Gasteiger partial charge in [-0.3, -0.25) is 0 Å². The van der Waals surface area contributed by atoms with E-state index < -0.39 is 0 Å². The molecule has 0 heterocycles. The third-order valence-corrected chi connectivity index (χ3v) is 11.0. The molecule has 0 amide bonds. The normalized spacial score (nSPS) is 19.1. The summed E-state index contributed by atoms with van der Waals surface area (Å²) in [5.74, 6) is 2.29. The molecule has 5 aromatic rings. The molecular formula is C47H46. The molecule has 0 saturated heterocycles. The van der Waals surface area contributed by atoms with Crippen molar-refractivity contribution in [3.05, 3.63) is 149 Å². The summed E-state index contributed by atoms with van der Waals surface area (Å²) in [4.78, 5) is 0. The zero-order valence-electron chi connectivity index (χ0n) is 28.4. The van der Waals surface area contributed by atoms with Crippen molar-refractivity contribution >= 4 is 27.1 Å². The molecule has 2 fully saturated rings. The fourth-order valence-corrected chi connectivity index (χ4v) is 8.85. The number of hydrogen-bond acceptors (Lipinski definition) is 0. The summed E-state index contributed by atoms with van der Waals surface area (Å²) in [6.45, 7) is 14.1. The average molecular weight is 611 g/mol. The van der Waals surface area contributed by atoms with Gasteiger partial charge >= 0.3 is 0 Å². The molecule has 0 heteroatoms. The second-order valence-electron chi connectivity index (χ2n) is 14.6. The van der Waals surface area contributed by atoms with Gasteiger partial charge in [-0.1, -0.05) is 136 Å². The lowest BCUT2D eigenvalue weighted by Crippen LogP contribution is -2.17. The monoisotopic (exact) mass is 610 g/mol. The molecule has 0 aliphatic heterocycles. The quantitative estimate of drug-likeness (QED) is 0.153. The van der Waals surface area contributed by atoms with Crippen molar-refractivity contribution in [1.29, 1.82) is 0 Å². The lowest BCUT2D eigenvalue weighted by atomic mass is 9.70. The predicted octanol–water partition coefficient (Wildman–Crippen LogP) is 13.4. The van der Waals surface area contributed by atoms with Crippen molar-refractivity contribution in [2.45, 2.75) is 59.8 Å². The fourth-order valence-electron chi connectivity index (χ4n) is 8.85. The Morgan fingerprint density at radius 1 is 0.702 bits per heavy atom. The van der Waals surface area contributed by atoms with Gasteiger partial charge in [0.2, 0.25) is 0 Å². The van der Waals surface area contributed by atoms with Crippen LogP contribution in [0.4, 0.5) is 0 Å². The maximum absolute atomic E-state index is 4.30. The molecule has 47 heavy (non-hydrogen) atoms. The Morgan fingerprint density at radius 2 is 1.28 bits per heavy atom. The van der Waals surface area contributed by atoms with Crippen LogP contribution in [-0.4, -0.2) is 0 Å². The van der Waals surface area contributed by atoms with Crippen LogP contribution >= 0.6 is 0 Å². The lowest BCUT2D eigenvalue weighted by molar-refractivity contribution is 0.655. The minimum absolute atomic E-state index is 0.438. The van der Waals surface area contributed by atoms with E-state index in [9.17, 15) is 0 Å². The molecule has 0 spiro atoms. The van der Waals surface area contributed by atoms with Gasteiger partial charge in [0.1, 0.15) is 0 Å². The summed E-state index contributed by atoms with van der Waals surface area (Å²) >= 11 is 0. The number of hydrogen-bond donors (Lipinski definition) is 0. The van der Waals surface area contributed by atoms with Crippen molar-refractivity contribution in [2.24, 2.45) is 23.7 Å².